The normalized spacial score (nSPS) is 15.4. The van der Waals surface area contributed by atoms with Crippen LogP contribution in [0.1, 0.15) is 33.1 Å². The van der Waals surface area contributed by atoms with E-state index in [1.165, 1.54) is 6.42 Å². The van der Waals surface area contributed by atoms with Crippen LogP contribution in [0.15, 0.2) is 0 Å². The number of hydrogen-bond acceptors (Lipinski definition) is 3. The van der Waals surface area contributed by atoms with Crippen LogP contribution in [-0.2, 0) is 8.85 Å². The van der Waals surface area contributed by atoms with Crippen molar-refractivity contribution in [3.05, 3.63) is 0 Å². The highest BCUT2D eigenvalue weighted by molar-refractivity contribution is 6.66. The first-order valence-electron chi connectivity index (χ1n) is 5.66. The molecule has 0 saturated carbocycles. The summed E-state index contributed by atoms with van der Waals surface area (Å²) in [7, 11) is -1.89. The average molecular weight is 219 g/mol. The van der Waals surface area contributed by atoms with Crippen LogP contribution < -0.4 is 5.73 Å². The fourth-order valence-corrected chi connectivity index (χ4v) is 3.75. The van der Waals surface area contributed by atoms with Gasteiger partial charge in [0.1, 0.15) is 0 Å². The zero-order valence-electron chi connectivity index (χ0n) is 9.84. The molecule has 0 aromatic heterocycles. The Morgan fingerprint density at radius 1 is 1.14 bits per heavy atom. The van der Waals surface area contributed by atoms with Crippen LogP contribution >= 0.6 is 0 Å². The summed E-state index contributed by atoms with van der Waals surface area (Å²) in [6.45, 7) is 8.65. The minimum atomic E-state index is -1.89. The van der Waals surface area contributed by atoms with Crippen molar-refractivity contribution in [1.82, 2.24) is 0 Å². The molecule has 0 aliphatic carbocycles. The Labute approximate surface area is 89.2 Å². The summed E-state index contributed by atoms with van der Waals surface area (Å²) in [5.74, 6) is 0. The maximum atomic E-state index is 5.87. The van der Waals surface area contributed by atoms with Gasteiger partial charge in [0.15, 0.2) is 0 Å². The lowest BCUT2D eigenvalue weighted by Crippen LogP contribution is -2.39. The quantitative estimate of drug-likeness (QED) is 0.478. The molecule has 2 N–H and O–H groups in total. The molecule has 0 aliphatic rings. The van der Waals surface area contributed by atoms with E-state index in [2.05, 4.69) is 13.5 Å². The fourth-order valence-electron chi connectivity index (χ4n) is 1.35. The van der Waals surface area contributed by atoms with Gasteiger partial charge in [0.25, 0.3) is 0 Å². The smallest absolute Gasteiger partial charge is 0.334 e. The van der Waals surface area contributed by atoms with E-state index in [4.69, 9.17) is 14.6 Å². The molecule has 1 atom stereocenters. The summed E-state index contributed by atoms with van der Waals surface area (Å²) in [5, 5.41) is 0. The first-order valence-corrected chi connectivity index (χ1v) is 8.19. The van der Waals surface area contributed by atoms with Crippen LogP contribution in [0, 0.1) is 0 Å². The lowest BCUT2D eigenvalue weighted by molar-refractivity contribution is 0.178. The third-order valence-corrected chi connectivity index (χ3v) is 5.17. The summed E-state index contributed by atoms with van der Waals surface area (Å²) in [5.41, 5.74) is 5.50. The summed E-state index contributed by atoms with van der Waals surface area (Å²) < 4.78 is 11.6. The van der Waals surface area contributed by atoms with E-state index in [0.717, 1.165) is 38.6 Å². The topological polar surface area (TPSA) is 44.5 Å². The molecule has 0 saturated heterocycles. The second-order valence-electron chi connectivity index (χ2n) is 3.66. The molecule has 14 heavy (non-hydrogen) atoms. The maximum absolute atomic E-state index is 5.87. The molecule has 0 aromatic rings. The van der Waals surface area contributed by atoms with Gasteiger partial charge in [-0.1, -0.05) is 13.3 Å². The van der Waals surface area contributed by atoms with Crippen LogP contribution in [0.5, 0.6) is 0 Å². The van der Waals surface area contributed by atoms with E-state index >= 15 is 0 Å². The van der Waals surface area contributed by atoms with Gasteiger partial charge in [-0.2, -0.15) is 0 Å². The summed E-state index contributed by atoms with van der Waals surface area (Å²) >= 11 is 0. The van der Waals surface area contributed by atoms with Crippen LogP contribution in [0.2, 0.25) is 12.6 Å². The molecule has 0 aromatic carbocycles. The SMILES string of the molecule is CCCCO[Si](C)(CCCN)OCC. The first kappa shape index (κ1) is 14.1. The van der Waals surface area contributed by atoms with Crippen molar-refractivity contribution in [1.29, 1.82) is 0 Å². The average Bonchev–Trinajstić information content (AvgIpc) is 2.16. The molecule has 4 heteroatoms. The van der Waals surface area contributed by atoms with E-state index in [1.54, 1.807) is 0 Å². The van der Waals surface area contributed by atoms with Gasteiger partial charge in [-0.05, 0) is 38.9 Å². The standard InChI is InChI=1S/C10H25NO2Si/c1-4-6-9-13-14(3,12-5-2)10-7-8-11/h4-11H2,1-3H3. The molecular formula is C10H25NO2Si. The molecule has 0 heterocycles. The van der Waals surface area contributed by atoms with Crippen LogP contribution in [-0.4, -0.2) is 28.3 Å². The zero-order chi connectivity index (χ0) is 10.9. The van der Waals surface area contributed by atoms with E-state index in [-0.39, 0.29) is 0 Å². The van der Waals surface area contributed by atoms with Gasteiger partial charge in [-0.15, -0.1) is 0 Å². The Kier molecular flexibility index (Phi) is 8.47. The number of hydrogen-bond donors (Lipinski definition) is 1. The molecule has 0 spiro atoms. The Balaban J connectivity index is 3.82. The van der Waals surface area contributed by atoms with Crippen molar-refractivity contribution in [3.8, 4) is 0 Å². The number of rotatable bonds is 9. The van der Waals surface area contributed by atoms with Gasteiger partial charge < -0.3 is 14.6 Å². The maximum Gasteiger partial charge on any atom is 0.334 e. The van der Waals surface area contributed by atoms with Crippen molar-refractivity contribution in [2.24, 2.45) is 5.73 Å². The van der Waals surface area contributed by atoms with E-state index in [9.17, 15) is 0 Å². The minimum absolute atomic E-state index is 0.729. The second-order valence-corrected chi connectivity index (χ2v) is 7.01. The highest BCUT2D eigenvalue weighted by Gasteiger charge is 2.29. The number of unbranched alkanes of at least 4 members (excludes halogenated alkanes) is 1. The van der Waals surface area contributed by atoms with Gasteiger partial charge in [-0.3, -0.25) is 0 Å². The first-order chi connectivity index (χ1) is 6.68. The molecule has 0 radical (unpaired) electrons. The van der Waals surface area contributed by atoms with E-state index in [1.807, 2.05) is 6.92 Å². The van der Waals surface area contributed by atoms with Crippen molar-refractivity contribution >= 4 is 8.56 Å². The lowest BCUT2D eigenvalue weighted by atomic mass is 10.4. The summed E-state index contributed by atoms with van der Waals surface area (Å²) in [4.78, 5) is 0. The summed E-state index contributed by atoms with van der Waals surface area (Å²) in [6, 6.07) is 1.01. The van der Waals surface area contributed by atoms with Gasteiger partial charge in [0, 0.05) is 13.2 Å². The molecule has 0 fully saturated rings. The van der Waals surface area contributed by atoms with Crippen LogP contribution in [0.3, 0.4) is 0 Å². The highest BCUT2D eigenvalue weighted by Crippen LogP contribution is 2.15. The molecule has 0 bridgehead atoms. The van der Waals surface area contributed by atoms with Crippen molar-refractivity contribution in [2.45, 2.75) is 45.7 Å². The molecule has 0 aliphatic heterocycles. The van der Waals surface area contributed by atoms with Gasteiger partial charge in [0.05, 0.1) is 0 Å². The van der Waals surface area contributed by atoms with Crippen molar-refractivity contribution < 1.29 is 8.85 Å². The minimum Gasteiger partial charge on any atom is -0.395 e. The Bertz CT molecular complexity index is 135. The molecule has 0 amide bonds. The van der Waals surface area contributed by atoms with Gasteiger partial charge in [-0.25, -0.2) is 0 Å². The number of nitrogens with two attached hydrogens (primary N) is 1. The van der Waals surface area contributed by atoms with Crippen molar-refractivity contribution in [3.63, 3.8) is 0 Å². The Morgan fingerprint density at radius 3 is 2.36 bits per heavy atom. The lowest BCUT2D eigenvalue weighted by Gasteiger charge is -2.26. The molecule has 86 valence electrons. The van der Waals surface area contributed by atoms with E-state index < -0.39 is 8.56 Å². The Morgan fingerprint density at radius 2 is 1.86 bits per heavy atom. The molecule has 3 nitrogen and oxygen atoms in total. The monoisotopic (exact) mass is 219 g/mol. The molecular weight excluding hydrogens is 194 g/mol. The molecule has 1 unspecified atom stereocenters. The fraction of sp³-hybridized carbons (Fsp3) is 1.00. The van der Waals surface area contributed by atoms with Crippen molar-refractivity contribution in [2.75, 3.05) is 19.8 Å². The third-order valence-electron chi connectivity index (χ3n) is 2.19. The molecule has 0 rings (SSSR count). The summed E-state index contributed by atoms with van der Waals surface area (Å²) in [6.07, 6.45) is 3.31. The van der Waals surface area contributed by atoms with E-state index in [0.29, 0.717) is 0 Å². The van der Waals surface area contributed by atoms with Crippen LogP contribution in [0.25, 0.3) is 0 Å². The van der Waals surface area contributed by atoms with Gasteiger partial charge >= 0.3 is 8.56 Å². The third kappa shape index (κ3) is 6.54. The zero-order valence-corrected chi connectivity index (χ0v) is 10.8. The van der Waals surface area contributed by atoms with Crippen LogP contribution in [0.4, 0.5) is 0 Å². The largest absolute Gasteiger partial charge is 0.395 e. The predicted octanol–water partition coefficient (Wildman–Crippen LogP) is 2.26. The Hall–Kier alpha value is 0.0969. The predicted molar refractivity (Wildman–Crippen MR) is 62.6 cm³/mol. The van der Waals surface area contributed by atoms with Gasteiger partial charge in [0.2, 0.25) is 0 Å². The highest BCUT2D eigenvalue weighted by atomic mass is 28.4. The second kappa shape index (κ2) is 8.41.